The van der Waals surface area contributed by atoms with Gasteiger partial charge in [0.1, 0.15) is 0 Å². The summed E-state index contributed by atoms with van der Waals surface area (Å²) in [4.78, 5) is 0. The van der Waals surface area contributed by atoms with Crippen molar-refractivity contribution in [2.75, 3.05) is 26.9 Å². The highest BCUT2D eigenvalue weighted by Gasteiger charge is 2.40. The topological polar surface area (TPSA) is 27.7 Å². The van der Waals surface area contributed by atoms with Crippen LogP contribution in [0.2, 0.25) is 0 Å². The van der Waals surface area contributed by atoms with E-state index in [1.165, 1.54) is 70.6 Å². The smallest absolute Gasteiger partial charge is 0.0704 e. The van der Waals surface area contributed by atoms with Gasteiger partial charge in [-0.05, 0) is 56.3 Å². The van der Waals surface area contributed by atoms with Crippen LogP contribution in [0.1, 0.15) is 70.6 Å². The molecule has 0 bridgehead atoms. The highest BCUT2D eigenvalue weighted by atomic mass is 16.5. The summed E-state index contributed by atoms with van der Waals surface area (Å²) in [6.07, 6.45) is 15.6. The van der Waals surface area contributed by atoms with Crippen LogP contribution in [-0.4, -0.2) is 39.1 Å². The lowest BCUT2D eigenvalue weighted by molar-refractivity contribution is -0.103. The van der Waals surface area contributed by atoms with E-state index in [2.05, 4.69) is 0 Å². The Morgan fingerprint density at radius 3 is 2.13 bits per heavy atom. The predicted octanol–water partition coefficient (Wildman–Crippen LogP) is 4.58. The zero-order chi connectivity index (χ0) is 15.9. The van der Waals surface area contributed by atoms with Gasteiger partial charge in [0.2, 0.25) is 0 Å². The number of methoxy groups -OCH3 is 1. The lowest BCUT2D eigenvalue weighted by Crippen LogP contribution is -2.44. The van der Waals surface area contributed by atoms with Gasteiger partial charge in [0.25, 0.3) is 0 Å². The Hall–Kier alpha value is -0.120. The van der Waals surface area contributed by atoms with E-state index in [0.29, 0.717) is 12.2 Å². The van der Waals surface area contributed by atoms with E-state index in [1.807, 2.05) is 7.11 Å². The average Bonchev–Trinajstić information content (AvgIpc) is 2.62. The van der Waals surface area contributed by atoms with Gasteiger partial charge in [0.05, 0.1) is 25.4 Å². The Labute approximate surface area is 142 Å². The summed E-state index contributed by atoms with van der Waals surface area (Å²) in [5, 5.41) is 0. The van der Waals surface area contributed by atoms with E-state index in [-0.39, 0.29) is 0 Å². The molecule has 0 heterocycles. The van der Waals surface area contributed by atoms with Gasteiger partial charge in [-0.1, -0.05) is 32.1 Å². The summed E-state index contributed by atoms with van der Waals surface area (Å²) >= 11 is 0. The minimum atomic E-state index is 0.449. The fourth-order valence-corrected chi connectivity index (χ4v) is 5.25. The van der Waals surface area contributed by atoms with Gasteiger partial charge in [-0.15, -0.1) is 0 Å². The van der Waals surface area contributed by atoms with Gasteiger partial charge in [-0.25, -0.2) is 0 Å². The lowest BCUT2D eigenvalue weighted by atomic mass is 9.68. The Morgan fingerprint density at radius 2 is 1.39 bits per heavy atom. The van der Waals surface area contributed by atoms with Gasteiger partial charge in [0.15, 0.2) is 0 Å². The number of fused-ring (bicyclic) bond motifs is 1. The minimum Gasteiger partial charge on any atom is -0.381 e. The van der Waals surface area contributed by atoms with Crippen LogP contribution in [0, 0.1) is 17.8 Å². The minimum absolute atomic E-state index is 0.449. The Bertz CT molecular complexity index is 327. The molecule has 0 amide bonds. The van der Waals surface area contributed by atoms with Crippen LogP contribution in [0.3, 0.4) is 0 Å². The monoisotopic (exact) mass is 324 g/mol. The molecule has 3 aliphatic carbocycles. The molecule has 0 aromatic heterocycles. The summed E-state index contributed by atoms with van der Waals surface area (Å²) in [6.45, 7) is 2.50. The van der Waals surface area contributed by atoms with Crippen molar-refractivity contribution < 1.29 is 14.2 Å². The summed E-state index contributed by atoms with van der Waals surface area (Å²) in [6, 6.07) is 0. The van der Waals surface area contributed by atoms with E-state index in [0.717, 1.165) is 37.6 Å². The van der Waals surface area contributed by atoms with Crippen LogP contribution in [-0.2, 0) is 14.2 Å². The first-order valence-electron chi connectivity index (χ1n) is 10.1. The zero-order valence-electron chi connectivity index (χ0n) is 15.0. The fourth-order valence-electron chi connectivity index (χ4n) is 5.25. The van der Waals surface area contributed by atoms with Gasteiger partial charge >= 0.3 is 0 Å². The van der Waals surface area contributed by atoms with Crippen LogP contribution in [0.15, 0.2) is 0 Å². The molecular weight excluding hydrogens is 288 g/mol. The highest BCUT2D eigenvalue weighted by molar-refractivity contribution is 4.90. The van der Waals surface area contributed by atoms with E-state index < -0.39 is 0 Å². The van der Waals surface area contributed by atoms with Crippen molar-refractivity contribution >= 4 is 0 Å². The van der Waals surface area contributed by atoms with Crippen molar-refractivity contribution in [2.24, 2.45) is 17.8 Å². The molecule has 0 spiro atoms. The Morgan fingerprint density at radius 1 is 0.696 bits per heavy atom. The maximum atomic E-state index is 6.25. The fraction of sp³-hybridized carbons (Fsp3) is 1.00. The standard InChI is InChI=1S/C20H36O3/c1-21-19-11-5-10-18-17(19)9-6-12-20(18)23-14-13-22-15-16-7-3-2-4-8-16/h16-20H,2-15H2,1H3. The average molecular weight is 325 g/mol. The van der Waals surface area contributed by atoms with Crippen LogP contribution < -0.4 is 0 Å². The van der Waals surface area contributed by atoms with Gasteiger partial charge in [-0.3, -0.25) is 0 Å². The van der Waals surface area contributed by atoms with Crippen molar-refractivity contribution in [1.82, 2.24) is 0 Å². The van der Waals surface area contributed by atoms with Crippen LogP contribution in [0.25, 0.3) is 0 Å². The van der Waals surface area contributed by atoms with Gasteiger partial charge < -0.3 is 14.2 Å². The molecule has 0 N–H and O–H groups in total. The Balaban J connectivity index is 1.34. The lowest BCUT2D eigenvalue weighted by Gasteiger charge is -2.44. The van der Waals surface area contributed by atoms with E-state index >= 15 is 0 Å². The molecule has 3 nitrogen and oxygen atoms in total. The first kappa shape index (κ1) is 17.7. The molecule has 0 aromatic rings. The van der Waals surface area contributed by atoms with Gasteiger partial charge in [-0.2, -0.15) is 0 Å². The number of ether oxygens (including phenoxy) is 3. The van der Waals surface area contributed by atoms with E-state index in [4.69, 9.17) is 14.2 Å². The summed E-state index contributed by atoms with van der Waals surface area (Å²) in [5.41, 5.74) is 0. The van der Waals surface area contributed by atoms with Crippen LogP contribution in [0.5, 0.6) is 0 Å². The van der Waals surface area contributed by atoms with Gasteiger partial charge in [0, 0.05) is 13.7 Å². The third-order valence-corrected chi connectivity index (χ3v) is 6.50. The molecule has 4 unspecified atom stereocenters. The Kier molecular flexibility index (Phi) is 7.22. The normalized spacial score (nSPS) is 35.9. The maximum absolute atomic E-state index is 6.25. The summed E-state index contributed by atoms with van der Waals surface area (Å²) in [5.74, 6) is 2.26. The molecule has 3 rings (SSSR count). The van der Waals surface area contributed by atoms with Crippen LogP contribution >= 0.6 is 0 Å². The number of hydrogen-bond acceptors (Lipinski definition) is 3. The molecule has 23 heavy (non-hydrogen) atoms. The first-order chi connectivity index (χ1) is 11.4. The zero-order valence-corrected chi connectivity index (χ0v) is 15.0. The van der Waals surface area contributed by atoms with Crippen molar-refractivity contribution in [2.45, 2.75) is 82.8 Å². The molecule has 134 valence electrons. The molecule has 3 saturated carbocycles. The second-order valence-electron chi connectivity index (χ2n) is 7.95. The molecule has 4 atom stereocenters. The quantitative estimate of drug-likeness (QED) is 0.641. The highest BCUT2D eigenvalue weighted by Crippen LogP contribution is 2.42. The first-order valence-corrected chi connectivity index (χ1v) is 10.1. The van der Waals surface area contributed by atoms with Crippen molar-refractivity contribution in [3.8, 4) is 0 Å². The van der Waals surface area contributed by atoms with Crippen molar-refractivity contribution in [1.29, 1.82) is 0 Å². The SMILES string of the molecule is COC1CCCC2C(OCCOCC3CCCCC3)CCCC12. The molecule has 0 saturated heterocycles. The summed E-state index contributed by atoms with van der Waals surface area (Å²) < 4.78 is 17.9. The molecule has 0 aromatic carbocycles. The molecule has 3 aliphatic rings. The third-order valence-electron chi connectivity index (χ3n) is 6.50. The second-order valence-corrected chi connectivity index (χ2v) is 7.95. The maximum Gasteiger partial charge on any atom is 0.0704 e. The molecule has 0 aliphatic heterocycles. The predicted molar refractivity (Wildman–Crippen MR) is 92.6 cm³/mol. The number of rotatable bonds is 7. The molecular formula is C20H36O3. The number of hydrogen-bond donors (Lipinski definition) is 0. The third kappa shape index (κ3) is 4.93. The van der Waals surface area contributed by atoms with E-state index in [9.17, 15) is 0 Å². The summed E-state index contributed by atoms with van der Waals surface area (Å²) in [7, 11) is 1.89. The van der Waals surface area contributed by atoms with Crippen molar-refractivity contribution in [3.63, 3.8) is 0 Å². The van der Waals surface area contributed by atoms with Crippen molar-refractivity contribution in [3.05, 3.63) is 0 Å². The largest absolute Gasteiger partial charge is 0.381 e. The molecule has 3 fully saturated rings. The molecule has 0 radical (unpaired) electrons. The molecule has 3 heteroatoms. The van der Waals surface area contributed by atoms with E-state index in [1.54, 1.807) is 0 Å². The van der Waals surface area contributed by atoms with Crippen LogP contribution in [0.4, 0.5) is 0 Å². The second kappa shape index (κ2) is 9.39.